The molecular weight excluding hydrogens is 438 g/mol. The number of thioether (sulfide) groups is 1. The van der Waals surface area contributed by atoms with Gasteiger partial charge >= 0.3 is 0 Å². The van der Waals surface area contributed by atoms with Crippen molar-refractivity contribution in [3.05, 3.63) is 97.1 Å². The van der Waals surface area contributed by atoms with Crippen LogP contribution >= 0.6 is 11.8 Å². The smallest absolute Gasteiger partial charge is 0.293 e. The van der Waals surface area contributed by atoms with Crippen molar-refractivity contribution < 1.29 is 23.9 Å². The molecule has 0 spiro atoms. The first-order valence-electron chi connectivity index (χ1n) is 9.15. The third-order valence-corrected chi connectivity index (χ3v) is 5.51. The summed E-state index contributed by atoms with van der Waals surface area (Å²) < 4.78 is 5.68. The van der Waals surface area contributed by atoms with Gasteiger partial charge in [0.05, 0.1) is 21.3 Å². The van der Waals surface area contributed by atoms with Crippen molar-refractivity contribution in [2.75, 3.05) is 0 Å². The topological polar surface area (TPSA) is 137 Å². The maximum absolute atomic E-state index is 12.7. The van der Waals surface area contributed by atoms with E-state index in [1.165, 1.54) is 42.5 Å². The standard InChI is InChI=1S/C21H13N3O7S/c25-20-19(32-21(26)22(20)12-13-4-6-15(7-5-13)23(27)28)11-17-8-9-18(31-17)14-2-1-3-16(10-14)24(29)30/h1-11H,12H2/b19-11+. The zero-order valence-corrected chi connectivity index (χ0v) is 17.0. The quantitative estimate of drug-likeness (QED) is 0.290. The van der Waals surface area contributed by atoms with Gasteiger partial charge < -0.3 is 4.42 Å². The number of amides is 2. The predicted molar refractivity (Wildman–Crippen MR) is 115 cm³/mol. The number of carbonyl (C=O) groups excluding carboxylic acids is 2. The predicted octanol–water partition coefficient (Wildman–Crippen LogP) is 5.00. The Kier molecular flexibility index (Phi) is 5.56. The second kappa shape index (κ2) is 8.47. The molecule has 2 amide bonds. The van der Waals surface area contributed by atoms with Crippen molar-refractivity contribution in [1.82, 2.24) is 4.90 Å². The number of rotatable bonds is 6. The van der Waals surface area contributed by atoms with Crippen LogP contribution < -0.4 is 0 Å². The van der Waals surface area contributed by atoms with Gasteiger partial charge in [0.15, 0.2) is 0 Å². The molecule has 2 heterocycles. The summed E-state index contributed by atoms with van der Waals surface area (Å²) in [5.74, 6) is 0.184. The molecule has 10 nitrogen and oxygen atoms in total. The molecule has 1 aromatic heterocycles. The van der Waals surface area contributed by atoms with E-state index in [4.69, 9.17) is 4.42 Å². The number of carbonyl (C=O) groups is 2. The zero-order chi connectivity index (χ0) is 22.8. The number of furan rings is 1. The van der Waals surface area contributed by atoms with E-state index in [1.54, 1.807) is 24.3 Å². The number of nitro benzene ring substituents is 2. The van der Waals surface area contributed by atoms with Gasteiger partial charge in [-0.3, -0.25) is 34.7 Å². The average molecular weight is 451 g/mol. The Morgan fingerprint density at radius 3 is 2.34 bits per heavy atom. The van der Waals surface area contributed by atoms with Gasteiger partial charge in [-0.15, -0.1) is 0 Å². The molecule has 3 aromatic rings. The van der Waals surface area contributed by atoms with Gasteiger partial charge in [0.25, 0.3) is 22.5 Å². The van der Waals surface area contributed by atoms with Crippen LogP contribution in [0.4, 0.5) is 16.2 Å². The monoisotopic (exact) mass is 451 g/mol. The minimum absolute atomic E-state index is 0.0168. The summed E-state index contributed by atoms with van der Waals surface area (Å²) in [6.07, 6.45) is 1.43. The molecule has 1 aliphatic rings. The molecule has 2 aromatic carbocycles. The van der Waals surface area contributed by atoms with Crippen LogP contribution in [0.25, 0.3) is 17.4 Å². The summed E-state index contributed by atoms with van der Waals surface area (Å²) in [5, 5.41) is 21.2. The average Bonchev–Trinajstić information content (AvgIpc) is 3.34. The third-order valence-electron chi connectivity index (χ3n) is 4.60. The van der Waals surface area contributed by atoms with E-state index in [1.807, 2.05) is 0 Å². The van der Waals surface area contributed by atoms with E-state index in [0.717, 1.165) is 16.7 Å². The van der Waals surface area contributed by atoms with E-state index in [2.05, 4.69) is 0 Å². The fourth-order valence-corrected chi connectivity index (χ4v) is 3.85. The molecule has 1 saturated heterocycles. The Morgan fingerprint density at radius 2 is 1.66 bits per heavy atom. The lowest BCUT2D eigenvalue weighted by Gasteiger charge is -2.12. The van der Waals surface area contributed by atoms with Gasteiger partial charge in [-0.25, -0.2) is 0 Å². The second-order valence-electron chi connectivity index (χ2n) is 6.70. The Bertz CT molecular complexity index is 1280. The van der Waals surface area contributed by atoms with Crippen molar-refractivity contribution >= 4 is 40.4 Å². The number of nitro groups is 2. The molecular formula is C21H13N3O7S. The lowest BCUT2D eigenvalue weighted by atomic mass is 10.1. The highest BCUT2D eigenvalue weighted by Gasteiger charge is 2.35. The first-order chi connectivity index (χ1) is 15.3. The molecule has 0 radical (unpaired) electrons. The van der Waals surface area contributed by atoms with Crippen LogP contribution in [0.2, 0.25) is 0 Å². The van der Waals surface area contributed by atoms with Crippen LogP contribution in [-0.4, -0.2) is 25.9 Å². The molecule has 0 bridgehead atoms. The van der Waals surface area contributed by atoms with Gasteiger partial charge in [0, 0.05) is 35.9 Å². The van der Waals surface area contributed by atoms with Gasteiger partial charge in [0.1, 0.15) is 11.5 Å². The maximum atomic E-state index is 12.7. The lowest BCUT2D eigenvalue weighted by molar-refractivity contribution is -0.385. The summed E-state index contributed by atoms with van der Waals surface area (Å²) in [6, 6.07) is 14.8. The van der Waals surface area contributed by atoms with E-state index < -0.39 is 21.0 Å². The number of hydrogen-bond donors (Lipinski definition) is 0. The van der Waals surface area contributed by atoms with Gasteiger partial charge in [-0.1, -0.05) is 24.3 Å². The van der Waals surface area contributed by atoms with Crippen molar-refractivity contribution in [2.24, 2.45) is 0 Å². The first kappa shape index (κ1) is 21.0. The molecule has 0 aliphatic carbocycles. The van der Waals surface area contributed by atoms with Crippen molar-refractivity contribution in [2.45, 2.75) is 6.54 Å². The van der Waals surface area contributed by atoms with Gasteiger partial charge in [-0.05, 0) is 29.5 Å². The second-order valence-corrected chi connectivity index (χ2v) is 7.69. The van der Waals surface area contributed by atoms with Crippen LogP contribution in [-0.2, 0) is 11.3 Å². The maximum Gasteiger partial charge on any atom is 0.293 e. The van der Waals surface area contributed by atoms with Crippen LogP contribution in [0, 0.1) is 20.2 Å². The number of imide groups is 1. The summed E-state index contributed by atoms with van der Waals surface area (Å²) in [6.45, 7) is -0.0168. The summed E-state index contributed by atoms with van der Waals surface area (Å²) in [5.41, 5.74) is 0.920. The molecule has 160 valence electrons. The fourth-order valence-electron chi connectivity index (χ4n) is 3.03. The Hall–Kier alpha value is -4.25. The highest BCUT2D eigenvalue weighted by Crippen LogP contribution is 2.34. The Morgan fingerprint density at radius 1 is 0.938 bits per heavy atom. The SMILES string of the molecule is O=C1S/C(=C/c2ccc(-c3cccc([N+](=O)[O-])c3)o2)C(=O)N1Cc1ccc([N+](=O)[O-])cc1. The fraction of sp³-hybridized carbons (Fsp3) is 0.0476. The number of benzene rings is 2. The van der Waals surface area contributed by atoms with Crippen molar-refractivity contribution in [3.63, 3.8) is 0 Å². The molecule has 0 saturated carbocycles. The zero-order valence-electron chi connectivity index (χ0n) is 16.2. The van der Waals surface area contributed by atoms with Crippen LogP contribution in [0.15, 0.2) is 70.0 Å². The van der Waals surface area contributed by atoms with Crippen LogP contribution in [0.5, 0.6) is 0 Å². The van der Waals surface area contributed by atoms with Gasteiger partial charge in [0.2, 0.25) is 0 Å². The van der Waals surface area contributed by atoms with Crippen molar-refractivity contribution in [3.8, 4) is 11.3 Å². The van der Waals surface area contributed by atoms with E-state index in [0.29, 0.717) is 22.6 Å². The number of nitrogens with zero attached hydrogens (tertiary/aromatic N) is 3. The molecule has 1 aliphatic heterocycles. The minimum Gasteiger partial charge on any atom is -0.457 e. The summed E-state index contributed by atoms with van der Waals surface area (Å²) in [7, 11) is 0. The molecule has 0 unspecified atom stereocenters. The largest absolute Gasteiger partial charge is 0.457 e. The molecule has 1 fully saturated rings. The van der Waals surface area contributed by atoms with E-state index in [9.17, 15) is 29.8 Å². The first-order valence-corrected chi connectivity index (χ1v) is 9.97. The highest BCUT2D eigenvalue weighted by atomic mass is 32.2. The third kappa shape index (κ3) is 4.27. The summed E-state index contributed by atoms with van der Waals surface area (Å²) in [4.78, 5) is 46.9. The molecule has 11 heteroatoms. The van der Waals surface area contributed by atoms with Crippen LogP contribution in [0.1, 0.15) is 11.3 Å². The van der Waals surface area contributed by atoms with Crippen LogP contribution in [0.3, 0.4) is 0 Å². The highest BCUT2D eigenvalue weighted by molar-refractivity contribution is 8.18. The molecule has 0 atom stereocenters. The Balaban J connectivity index is 1.51. The Labute approximate surface area is 184 Å². The molecule has 32 heavy (non-hydrogen) atoms. The summed E-state index contributed by atoms with van der Waals surface area (Å²) >= 11 is 0.756. The minimum atomic E-state index is -0.530. The molecule has 0 N–H and O–H groups in total. The number of non-ortho nitro benzene ring substituents is 2. The molecule has 4 rings (SSSR count). The van der Waals surface area contributed by atoms with E-state index in [-0.39, 0.29) is 22.8 Å². The number of hydrogen-bond acceptors (Lipinski definition) is 8. The van der Waals surface area contributed by atoms with Gasteiger partial charge in [-0.2, -0.15) is 0 Å². The normalized spacial score (nSPS) is 14.9. The lowest BCUT2D eigenvalue weighted by Crippen LogP contribution is -2.27. The van der Waals surface area contributed by atoms with Crippen molar-refractivity contribution in [1.29, 1.82) is 0 Å². The van der Waals surface area contributed by atoms with E-state index >= 15 is 0 Å².